The number of nitrogens with one attached hydrogen (secondary N) is 1. The molecule has 1 fully saturated rings. The molecule has 0 spiro atoms. The zero-order valence-corrected chi connectivity index (χ0v) is 19.8. The Morgan fingerprint density at radius 2 is 2.10 bits per heavy atom. The second-order valence-corrected chi connectivity index (χ2v) is 10.1. The highest BCUT2D eigenvalue weighted by Crippen LogP contribution is 2.42. The van der Waals surface area contributed by atoms with Gasteiger partial charge in [0.2, 0.25) is 5.91 Å². The van der Waals surface area contributed by atoms with Crippen LogP contribution in [0.2, 0.25) is 0 Å². The van der Waals surface area contributed by atoms with E-state index in [1.807, 2.05) is 11.1 Å². The number of piperazine rings is 1. The van der Waals surface area contributed by atoms with Crippen LogP contribution in [-0.4, -0.2) is 68.8 Å². The molecule has 7 heteroatoms. The third-order valence-corrected chi connectivity index (χ3v) is 6.58. The lowest BCUT2D eigenvalue weighted by Gasteiger charge is -2.32. The van der Waals surface area contributed by atoms with Crippen LogP contribution in [0.5, 0.6) is 0 Å². The smallest absolute Gasteiger partial charge is 0.241 e. The van der Waals surface area contributed by atoms with Crippen LogP contribution in [0, 0.1) is 6.92 Å². The van der Waals surface area contributed by atoms with Gasteiger partial charge in [-0.15, -0.1) is 11.3 Å². The number of hydrogen-bond donors (Lipinski definition) is 1. The number of anilines is 1. The van der Waals surface area contributed by atoms with Crippen LogP contribution >= 0.6 is 11.3 Å². The van der Waals surface area contributed by atoms with E-state index in [2.05, 4.69) is 60.8 Å². The third-order valence-electron chi connectivity index (χ3n) is 5.56. The molecule has 6 nitrogen and oxygen atoms in total. The zero-order chi connectivity index (χ0) is 21.9. The Kier molecular flexibility index (Phi) is 7.29. The fourth-order valence-corrected chi connectivity index (χ4v) is 4.95. The van der Waals surface area contributed by atoms with Crippen LogP contribution < -0.4 is 10.2 Å². The quantitative estimate of drug-likeness (QED) is 0.810. The van der Waals surface area contributed by atoms with Crippen LogP contribution in [-0.2, 0) is 14.9 Å². The van der Waals surface area contributed by atoms with Gasteiger partial charge in [0.15, 0.2) is 0 Å². The van der Waals surface area contributed by atoms with E-state index in [0.717, 1.165) is 42.4 Å². The van der Waals surface area contributed by atoms with E-state index in [-0.39, 0.29) is 11.3 Å². The molecule has 4 heterocycles. The van der Waals surface area contributed by atoms with Gasteiger partial charge in [-0.25, -0.2) is 0 Å². The average molecular weight is 431 g/mol. The van der Waals surface area contributed by atoms with E-state index in [4.69, 9.17) is 4.98 Å². The van der Waals surface area contributed by atoms with Crippen molar-refractivity contribution >= 4 is 22.9 Å². The second kappa shape index (κ2) is 9.56. The van der Waals surface area contributed by atoms with Gasteiger partial charge in [0.05, 0.1) is 22.8 Å². The van der Waals surface area contributed by atoms with Gasteiger partial charge in [-0.05, 0) is 32.0 Å². The molecule has 1 atom stereocenters. The summed E-state index contributed by atoms with van der Waals surface area (Å²) in [5.74, 6) is 0.190. The van der Waals surface area contributed by atoms with Crippen LogP contribution in [0.15, 0.2) is 24.4 Å². The van der Waals surface area contributed by atoms with E-state index in [0.29, 0.717) is 12.6 Å². The molecule has 1 amide bonds. The first-order chi connectivity index (χ1) is 14.2. The Morgan fingerprint density at radius 1 is 1.37 bits per heavy atom. The average Bonchev–Trinajstić information content (AvgIpc) is 3.23. The summed E-state index contributed by atoms with van der Waals surface area (Å²) < 4.78 is 4.25. The number of carbonyl (C=O) groups is 1. The fourth-order valence-electron chi connectivity index (χ4n) is 4.12. The topological polar surface area (TPSA) is 57.7 Å². The van der Waals surface area contributed by atoms with Crippen molar-refractivity contribution in [2.45, 2.75) is 39.2 Å². The minimum atomic E-state index is -0.0708. The molecule has 4 rings (SSSR count). The first kappa shape index (κ1) is 22.9. The number of methoxy groups -OCH3 is 1. The van der Waals surface area contributed by atoms with E-state index in [1.54, 1.807) is 25.6 Å². The predicted molar refractivity (Wildman–Crippen MR) is 125 cm³/mol. The van der Waals surface area contributed by atoms with Crippen molar-refractivity contribution in [3.63, 3.8) is 0 Å². The normalized spacial score (nSPS) is 20.5. The number of nitrogens with zero attached hydrogens (tertiary/aromatic N) is 3. The Bertz CT molecular complexity index is 880. The highest BCUT2D eigenvalue weighted by molar-refractivity contribution is 7.15. The number of carbonyl (C=O) groups excluding carboxylic acids is 1. The number of aromatic nitrogens is 1. The Labute approximate surface area is 184 Å². The summed E-state index contributed by atoms with van der Waals surface area (Å²) in [4.78, 5) is 24.5. The lowest BCUT2D eigenvalue weighted by Crippen LogP contribution is -2.52. The third kappa shape index (κ3) is 5.09. The molecule has 0 saturated carbocycles. The van der Waals surface area contributed by atoms with Gasteiger partial charge in [0.25, 0.3) is 0 Å². The highest BCUT2D eigenvalue weighted by Gasteiger charge is 2.39. The van der Waals surface area contributed by atoms with Gasteiger partial charge in [-0.1, -0.05) is 13.8 Å². The minimum absolute atomic E-state index is 0.0708. The van der Waals surface area contributed by atoms with Crippen molar-refractivity contribution in [1.82, 2.24) is 15.2 Å². The molecule has 2 aliphatic heterocycles. The zero-order valence-electron chi connectivity index (χ0n) is 19.0. The Hall–Kier alpha value is -1.80. The van der Waals surface area contributed by atoms with Crippen molar-refractivity contribution in [1.29, 1.82) is 0 Å². The van der Waals surface area contributed by atoms with Crippen molar-refractivity contribution in [3.8, 4) is 10.6 Å². The van der Waals surface area contributed by atoms with E-state index in [1.165, 1.54) is 10.4 Å². The van der Waals surface area contributed by atoms with Crippen LogP contribution in [0.1, 0.15) is 31.2 Å². The lowest BCUT2D eigenvalue weighted by molar-refractivity contribution is -0.120. The van der Waals surface area contributed by atoms with Gasteiger partial charge in [-0.2, -0.15) is 0 Å². The molecule has 1 unspecified atom stereocenters. The lowest BCUT2D eigenvalue weighted by atomic mass is 9.88. The molecule has 2 aromatic heterocycles. The molecule has 0 bridgehead atoms. The second-order valence-electron chi connectivity index (χ2n) is 8.86. The summed E-state index contributed by atoms with van der Waals surface area (Å²) in [5, 5.41) is 3.44. The maximum Gasteiger partial charge on any atom is 0.241 e. The first-order valence-corrected chi connectivity index (χ1v) is 11.3. The van der Waals surface area contributed by atoms with Gasteiger partial charge in [0.1, 0.15) is 0 Å². The van der Waals surface area contributed by atoms with Gasteiger partial charge >= 0.3 is 0 Å². The molecular formula is C23H34N4O2S. The summed E-state index contributed by atoms with van der Waals surface area (Å²) >= 11 is 1.74. The number of amides is 1. The molecule has 1 N–H and O–H groups in total. The molecule has 1 saturated heterocycles. The maximum atomic E-state index is 13.2. The number of pyridine rings is 1. The molecule has 0 aromatic carbocycles. The number of fused-ring (bicyclic) bond motifs is 1. The molecule has 0 aliphatic carbocycles. The van der Waals surface area contributed by atoms with Crippen LogP contribution in [0.25, 0.3) is 10.6 Å². The van der Waals surface area contributed by atoms with Crippen molar-refractivity contribution in [2.75, 3.05) is 51.8 Å². The molecule has 30 heavy (non-hydrogen) atoms. The summed E-state index contributed by atoms with van der Waals surface area (Å²) in [7, 11) is 3.25. The summed E-state index contributed by atoms with van der Waals surface area (Å²) in [5.41, 5.74) is 3.09. The van der Waals surface area contributed by atoms with Crippen LogP contribution in [0.3, 0.4) is 0 Å². The Morgan fingerprint density at radius 3 is 2.73 bits per heavy atom. The van der Waals surface area contributed by atoms with Crippen molar-refractivity contribution < 1.29 is 9.53 Å². The standard InChI is InChI=1S/C21H28N4OS.C2H6O/c1-14-11-24(8-7-22-14)12-20(26)25-13-21(3,4)16-10-23-17(9-18(16)25)19-6-5-15(2)27-19;1-3-2/h5-6,9-10,14,22H,7-8,11-13H2,1-4H3;1-2H3. The summed E-state index contributed by atoms with van der Waals surface area (Å²) in [6.07, 6.45) is 1.97. The highest BCUT2D eigenvalue weighted by atomic mass is 32.1. The fraction of sp³-hybridized carbons (Fsp3) is 0.565. The largest absolute Gasteiger partial charge is 0.388 e. The molecular weight excluding hydrogens is 396 g/mol. The molecule has 0 radical (unpaired) electrons. The molecule has 2 aromatic rings. The number of hydrogen-bond acceptors (Lipinski definition) is 6. The summed E-state index contributed by atoms with van der Waals surface area (Å²) in [6.45, 7) is 12.7. The van der Waals surface area contributed by atoms with E-state index in [9.17, 15) is 4.79 Å². The van der Waals surface area contributed by atoms with Crippen molar-refractivity contribution in [2.24, 2.45) is 0 Å². The number of thiophene rings is 1. The van der Waals surface area contributed by atoms with Gasteiger partial charge in [0, 0.05) is 68.5 Å². The number of rotatable bonds is 3. The monoisotopic (exact) mass is 430 g/mol. The van der Waals surface area contributed by atoms with Gasteiger partial charge in [-0.3, -0.25) is 14.7 Å². The number of ether oxygens (including phenoxy) is 1. The van der Waals surface area contributed by atoms with E-state index >= 15 is 0 Å². The Balaban J connectivity index is 0.000000806. The minimum Gasteiger partial charge on any atom is -0.388 e. The van der Waals surface area contributed by atoms with Crippen molar-refractivity contribution in [3.05, 3.63) is 34.8 Å². The predicted octanol–water partition coefficient (Wildman–Crippen LogP) is 3.30. The maximum absolute atomic E-state index is 13.2. The molecule has 164 valence electrons. The summed E-state index contributed by atoms with van der Waals surface area (Å²) in [6, 6.07) is 6.77. The van der Waals surface area contributed by atoms with E-state index < -0.39 is 0 Å². The first-order valence-electron chi connectivity index (χ1n) is 10.5. The van der Waals surface area contributed by atoms with Crippen LogP contribution in [0.4, 0.5) is 5.69 Å². The number of aryl methyl sites for hydroxylation is 1. The molecule has 2 aliphatic rings. The SMILES string of the molecule is COC.Cc1ccc(-c2cc3c(cn2)C(C)(C)CN3C(=O)CN2CCNC(C)C2)s1. The van der Waals surface area contributed by atoms with Gasteiger partial charge < -0.3 is 15.0 Å².